The first kappa shape index (κ1) is 14.0. The van der Waals surface area contributed by atoms with Gasteiger partial charge >= 0.3 is 0 Å². The third-order valence-corrected chi connectivity index (χ3v) is 4.44. The highest BCUT2D eigenvalue weighted by atomic mass is 15.2. The van der Waals surface area contributed by atoms with Crippen molar-refractivity contribution in [2.24, 2.45) is 17.7 Å². The van der Waals surface area contributed by atoms with Crippen molar-refractivity contribution in [2.75, 3.05) is 0 Å². The summed E-state index contributed by atoms with van der Waals surface area (Å²) in [7, 11) is 0. The largest absolute Gasteiger partial charge is 0.271 e. The van der Waals surface area contributed by atoms with E-state index in [0.717, 1.165) is 11.8 Å². The zero-order valence-corrected chi connectivity index (χ0v) is 11.2. The molecule has 1 aliphatic rings. The van der Waals surface area contributed by atoms with Crippen molar-refractivity contribution in [1.29, 1.82) is 0 Å². The van der Waals surface area contributed by atoms with Crippen LogP contribution in [0.25, 0.3) is 0 Å². The molecule has 0 saturated heterocycles. The van der Waals surface area contributed by atoms with Crippen LogP contribution < -0.4 is 11.3 Å². The van der Waals surface area contributed by atoms with Crippen molar-refractivity contribution >= 4 is 0 Å². The van der Waals surface area contributed by atoms with E-state index in [9.17, 15) is 0 Å². The van der Waals surface area contributed by atoms with Gasteiger partial charge in [-0.2, -0.15) is 0 Å². The van der Waals surface area contributed by atoms with E-state index in [-0.39, 0.29) is 0 Å². The van der Waals surface area contributed by atoms with Gasteiger partial charge in [0.25, 0.3) is 0 Å². The Balaban J connectivity index is 2.26. The summed E-state index contributed by atoms with van der Waals surface area (Å²) >= 11 is 0. The summed E-state index contributed by atoms with van der Waals surface area (Å²) in [5, 5.41) is 0. The molecule has 2 heteroatoms. The summed E-state index contributed by atoms with van der Waals surface area (Å²) in [5.74, 6) is 7.43. The van der Waals surface area contributed by atoms with Crippen LogP contribution in [0.3, 0.4) is 0 Å². The molecule has 0 aromatic heterocycles. The molecule has 0 radical (unpaired) electrons. The molecule has 16 heavy (non-hydrogen) atoms. The van der Waals surface area contributed by atoms with Crippen LogP contribution in [0.2, 0.25) is 0 Å². The molecule has 1 atom stereocenters. The van der Waals surface area contributed by atoms with E-state index in [4.69, 9.17) is 5.84 Å². The Morgan fingerprint density at radius 3 is 2.25 bits per heavy atom. The lowest BCUT2D eigenvalue weighted by Gasteiger charge is -2.28. The molecule has 1 rings (SSSR count). The number of nitrogens with one attached hydrogen (secondary N) is 1. The summed E-state index contributed by atoms with van der Waals surface area (Å²) in [6, 6.07) is 0.539. The predicted molar refractivity (Wildman–Crippen MR) is 71.0 cm³/mol. The Hall–Kier alpha value is -0.0800. The molecule has 1 aliphatic carbocycles. The minimum Gasteiger partial charge on any atom is -0.271 e. The average Bonchev–Trinajstić information content (AvgIpc) is 2.35. The molecule has 3 N–H and O–H groups in total. The normalized spacial score (nSPS) is 20.2. The lowest BCUT2D eigenvalue weighted by Crippen LogP contribution is -2.40. The van der Waals surface area contributed by atoms with Gasteiger partial charge in [-0.1, -0.05) is 58.8 Å². The maximum atomic E-state index is 5.69. The Morgan fingerprint density at radius 2 is 1.75 bits per heavy atom. The van der Waals surface area contributed by atoms with Gasteiger partial charge in [0.1, 0.15) is 0 Å². The summed E-state index contributed by atoms with van der Waals surface area (Å²) < 4.78 is 0. The Labute approximate surface area is 101 Å². The van der Waals surface area contributed by atoms with Crippen molar-refractivity contribution < 1.29 is 0 Å². The number of hydrogen-bond donors (Lipinski definition) is 2. The molecule has 96 valence electrons. The lowest BCUT2D eigenvalue weighted by molar-refractivity contribution is 0.269. The fourth-order valence-electron chi connectivity index (χ4n) is 3.20. The van der Waals surface area contributed by atoms with E-state index in [0.29, 0.717) is 6.04 Å². The molecule has 0 amide bonds. The SMILES string of the molecule is CCC(CC)C(CCC1CCCCC1)NN. The van der Waals surface area contributed by atoms with Crippen LogP contribution in [0, 0.1) is 11.8 Å². The van der Waals surface area contributed by atoms with Crippen molar-refractivity contribution in [3.8, 4) is 0 Å². The molecule has 0 aromatic carbocycles. The molecule has 1 saturated carbocycles. The first-order chi connectivity index (χ1) is 7.81. The Bertz CT molecular complexity index is 160. The van der Waals surface area contributed by atoms with Crippen LogP contribution in [0.5, 0.6) is 0 Å². The highest BCUT2D eigenvalue weighted by molar-refractivity contribution is 4.75. The van der Waals surface area contributed by atoms with Gasteiger partial charge in [0, 0.05) is 6.04 Å². The molecular weight excluding hydrogens is 196 g/mol. The van der Waals surface area contributed by atoms with Gasteiger partial charge in [-0.15, -0.1) is 0 Å². The molecule has 0 bridgehead atoms. The molecule has 1 fully saturated rings. The van der Waals surface area contributed by atoms with Crippen LogP contribution in [-0.2, 0) is 0 Å². The molecule has 0 aliphatic heterocycles. The van der Waals surface area contributed by atoms with Crippen LogP contribution in [0.4, 0.5) is 0 Å². The van der Waals surface area contributed by atoms with E-state index in [1.54, 1.807) is 0 Å². The molecule has 0 spiro atoms. The fraction of sp³-hybridized carbons (Fsp3) is 1.00. The molecule has 0 aromatic rings. The number of rotatable bonds is 7. The van der Waals surface area contributed by atoms with Crippen molar-refractivity contribution in [1.82, 2.24) is 5.43 Å². The molecule has 2 nitrogen and oxygen atoms in total. The topological polar surface area (TPSA) is 38.0 Å². The van der Waals surface area contributed by atoms with E-state index >= 15 is 0 Å². The molecular formula is C14H30N2. The number of hydrogen-bond acceptors (Lipinski definition) is 2. The maximum absolute atomic E-state index is 5.69. The summed E-state index contributed by atoms with van der Waals surface area (Å²) in [6.07, 6.45) is 12.4. The Kier molecular flexibility index (Phi) is 7.06. The summed E-state index contributed by atoms with van der Waals surface area (Å²) in [6.45, 7) is 4.55. The first-order valence-electron chi connectivity index (χ1n) is 7.27. The van der Waals surface area contributed by atoms with Gasteiger partial charge < -0.3 is 0 Å². The summed E-state index contributed by atoms with van der Waals surface area (Å²) in [5.41, 5.74) is 3.04. The zero-order valence-electron chi connectivity index (χ0n) is 11.2. The van der Waals surface area contributed by atoms with E-state index in [2.05, 4.69) is 19.3 Å². The van der Waals surface area contributed by atoms with Gasteiger partial charge in [0.15, 0.2) is 0 Å². The Morgan fingerprint density at radius 1 is 1.12 bits per heavy atom. The minimum absolute atomic E-state index is 0.539. The smallest absolute Gasteiger partial charge is 0.0238 e. The van der Waals surface area contributed by atoms with Crippen LogP contribution in [-0.4, -0.2) is 6.04 Å². The van der Waals surface area contributed by atoms with E-state index < -0.39 is 0 Å². The lowest BCUT2D eigenvalue weighted by atomic mass is 9.83. The highest BCUT2D eigenvalue weighted by Crippen LogP contribution is 2.29. The van der Waals surface area contributed by atoms with Gasteiger partial charge in [0.2, 0.25) is 0 Å². The second-order valence-electron chi connectivity index (χ2n) is 5.43. The van der Waals surface area contributed by atoms with Gasteiger partial charge in [0.05, 0.1) is 0 Å². The predicted octanol–water partition coefficient (Wildman–Crippen LogP) is 3.62. The second-order valence-corrected chi connectivity index (χ2v) is 5.43. The van der Waals surface area contributed by atoms with Gasteiger partial charge in [-0.25, -0.2) is 0 Å². The highest BCUT2D eigenvalue weighted by Gasteiger charge is 2.20. The van der Waals surface area contributed by atoms with Gasteiger partial charge in [-0.3, -0.25) is 11.3 Å². The average molecular weight is 226 g/mol. The van der Waals surface area contributed by atoms with Crippen molar-refractivity contribution in [3.05, 3.63) is 0 Å². The quantitative estimate of drug-likeness (QED) is 0.514. The number of hydrazine groups is 1. The summed E-state index contributed by atoms with van der Waals surface area (Å²) in [4.78, 5) is 0. The first-order valence-corrected chi connectivity index (χ1v) is 7.27. The maximum Gasteiger partial charge on any atom is 0.0238 e. The van der Waals surface area contributed by atoms with Crippen LogP contribution >= 0.6 is 0 Å². The standard InChI is InChI=1S/C14H30N2/c1-3-13(4-2)14(16-15)11-10-12-8-6-5-7-9-12/h12-14,16H,3-11,15H2,1-2H3. The van der Waals surface area contributed by atoms with E-state index in [1.165, 1.54) is 57.8 Å². The molecule has 0 heterocycles. The fourth-order valence-corrected chi connectivity index (χ4v) is 3.20. The second kappa shape index (κ2) is 8.08. The van der Waals surface area contributed by atoms with E-state index in [1.807, 2.05) is 0 Å². The van der Waals surface area contributed by atoms with Crippen molar-refractivity contribution in [2.45, 2.75) is 77.7 Å². The number of nitrogens with two attached hydrogens (primary N) is 1. The van der Waals surface area contributed by atoms with Crippen molar-refractivity contribution in [3.63, 3.8) is 0 Å². The van der Waals surface area contributed by atoms with Crippen LogP contribution in [0.1, 0.15) is 71.6 Å². The van der Waals surface area contributed by atoms with Crippen LogP contribution in [0.15, 0.2) is 0 Å². The third-order valence-electron chi connectivity index (χ3n) is 4.44. The van der Waals surface area contributed by atoms with Gasteiger partial charge in [-0.05, 0) is 24.7 Å². The molecule has 1 unspecified atom stereocenters. The zero-order chi connectivity index (χ0) is 11.8. The monoisotopic (exact) mass is 226 g/mol. The third kappa shape index (κ3) is 4.42. The minimum atomic E-state index is 0.539.